The summed E-state index contributed by atoms with van der Waals surface area (Å²) in [4.78, 5) is 24.0. The van der Waals surface area contributed by atoms with Crippen molar-refractivity contribution < 1.29 is 19.1 Å². The van der Waals surface area contributed by atoms with Crippen LogP contribution in [0.3, 0.4) is 0 Å². The van der Waals surface area contributed by atoms with Crippen molar-refractivity contribution in [2.45, 2.75) is 6.42 Å². The molecule has 2 aromatic rings. The highest BCUT2D eigenvalue weighted by Crippen LogP contribution is 2.18. The second-order valence-corrected chi connectivity index (χ2v) is 4.61. The lowest BCUT2D eigenvalue weighted by Gasteiger charge is -2.07. The molecule has 0 fully saturated rings. The average Bonchev–Trinajstić information content (AvgIpc) is 2.54. The monoisotopic (exact) mass is 299 g/mol. The molecule has 0 spiro atoms. The maximum atomic E-state index is 12.1. The Morgan fingerprint density at radius 1 is 0.955 bits per heavy atom. The van der Waals surface area contributed by atoms with Crippen LogP contribution >= 0.6 is 0 Å². The first-order valence-corrected chi connectivity index (χ1v) is 6.73. The zero-order valence-corrected chi connectivity index (χ0v) is 12.5. The van der Waals surface area contributed by atoms with Crippen LogP contribution < -0.4 is 14.8 Å². The van der Waals surface area contributed by atoms with Crippen LogP contribution in [0.5, 0.6) is 11.5 Å². The Kier molecular flexibility index (Phi) is 5.14. The van der Waals surface area contributed by atoms with Gasteiger partial charge in [0.1, 0.15) is 11.5 Å². The highest BCUT2D eigenvalue weighted by molar-refractivity contribution is 6.11. The van der Waals surface area contributed by atoms with Gasteiger partial charge in [0.15, 0.2) is 5.78 Å². The zero-order valence-electron chi connectivity index (χ0n) is 12.5. The molecule has 0 bridgehead atoms. The third-order valence-corrected chi connectivity index (χ3v) is 3.07. The fourth-order valence-electron chi connectivity index (χ4n) is 1.95. The fraction of sp³-hybridized carbons (Fsp3) is 0.176. The molecule has 1 N–H and O–H groups in total. The van der Waals surface area contributed by atoms with E-state index in [9.17, 15) is 9.59 Å². The Bertz CT molecular complexity index is 682. The molecule has 0 radical (unpaired) electrons. The summed E-state index contributed by atoms with van der Waals surface area (Å²) in [7, 11) is 3.08. The van der Waals surface area contributed by atoms with Crippen molar-refractivity contribution >= 4 is 17.4 Å². The van der Waals surface area contributed by atoms with Crippen LogP contribution in [0.1, 0.15) is 16.8 Å². The summed E-state index contributed by atoms with van der Waals surface area (Å²) in [6.07, 6.45) is -0.232. The molecule has 5 nitrogen and oxygen atoms in total. The molecule has 0 heterocycles. The molecule has 0 aromatic heterocycles. The van der Waals surface area contributed by atoms with Gasteiger partial charge >= 0.3 is 0 Å². The number of carbonyl (C=O) groups is 2. The number of rotatable bonds is 6. The first kappa shape index (κ1) is 15.6. The van der Waals surface area contributed by atoms with Crippen LogP contribution in [0.4, 0.5) is 5.69 Å². The van der Waals surface area contributed by atoms with Crippen molar-refractivity contribution in [1.29, 1.82) is 0 Å². The highest BCUT2D eigenvalue weighted by atomic mass is 16.5. The minimum absolute atomic E-state index is 0.232. The Morgan fingerprint density at radius 2 is 1.59 bits per heavy atom. The SMILES string of the molecule is COc1cccc(NC(=O)CC(=O)c2cccc(OC)c2)c1. The molecule has 0 saturated carbocycles. The van der Waals surface area contributed by atoms with Crippen LogP contribution in [-0.4, -0.2) is 25.9 Å². The second-order valence-electron chi connectivity index (χ2n) is 4.61. The van der Waals surface area contributed by atoms with Crippen LogP contribution in [0.25, 0.3) is 0 Å². The smallest absolute Gasteiger partial charge is 0.232 e. The standard InChI is InChI=1S/C17H17NO4/c1-21-14-7-3-5-12(9-14)16(19)11-17(20)18-13-6-4-8-15(10-13)22-2/h3-10H,11H2,1-2H3,(H,18,20). The molecule has 2 rings (SSSR count). The number of amides is 1. The number of Topliss-reactive ketones (excluding diaryl/α,β-unsaturated/α-hetero) is 1. The summed E-state index contributed by atoms with van der Waals surface area (Å²) in [6.45, 7) is 0. The number of benzene rings is 2. The van der Waals surface area contributed by atoms with E-state index in [0.717, 1.165) is 0 Å². The first-order valence-electron chi connectivity index (χ1n) is 6.73. The topological polar surface area (TPSA) is 64.6 Å². The molecular weight excluding hydrogens is 282 g/mol. The van der Waals surface area contributed by atoms with Gasteiger partial charge in [-0.05, 0) is 24.3 Å². The third-order valence-electron chi connectivity index (χ3n) is 3.07. The Labute approximate surface area is 128 Å². The van der Waals surface area contributed by atoms with Crippen molar-refractivity contribution in [2.75, 3.05) is 19.5 Å². The summed E-state index contributed by atoms with van der Waals surface area (Å²) >= 11 is 0. The first-order chi connectivity index (χ1) is 10.6. The lowest BCUT2D eigenvalue weighted by atomic mass is 10.1. The van der Waals surface area contributed by atoms with Gasteiger partial charge in [-0.25, -0.2) is 0 Å². The number of ketones is 1. The van der Waals surface area contributed by atoms with Crippen molar-refractivity contribution in [1.82, 2.24) is 0 Å². The van der Waals surface area contributed by atoms with E-state index < -0.39 is 0 Å². The summed E-state index contributed by atoms with van der Waals surface area (Å²) in [6, 6.07) is 13.7. The largest absolute Gasteiger partial charge is 0.497 e. The van der Waals surface area contributed by atoms with E-state index >= 15 is 0 Å². The zero-order chi connectivity index (χ0) is 15.9. The van der Waals surface area contributed by atoms with Gasteiger partial charge in [0.2, 0.25) is 5.91 Å². The molecule has 2 aromatic carbocycles. The van der Waals surface area contributed by atoms with Crippen LogP contribution in [0.15, 0.2) is 48.5 Å². The Hall–Kier alpha value is -2.82. The molecule has 22 heavy (non-hydrogen) atoms. The molecule has 0 aliphatic rings. The highest BCUT2D eigenvalue weighted by Gasteiger charge is 2.13. The summed E-state index contributed by atoms with van der Waals surface area (Å²) in [5.74, 6) is 0.580. The second kappa shape index (κ2) is 7.26. The Morgan fingerprint density at radius 3 is 2.27 bits per heavy atom. The van der Waals surface area contributed by atoms with Gasteiger partial charge in [-0.1, -0.05) is 18.2 Å². The minimum Gasteiger partial charge on any atom is -0.497 e. The van der Waals surface area contributed by atoms with Crippen molar-refractivity contribution in [2.24, 2.45) is 0 Å². The van der Waals surface area contributed by atoms with Crippen LogP contribution in [0.2, 0.25) is 0 Å². The molecule has 0 aliphatic carbocycles. The van der Waals surface area contributed by atoms with E-state index in [1.165, 1.54) is 7.11 Å². The maximum Gasteiger partial charge on any atom is 0.232 e. The molecule has 0 unspecified atom stereocenters. The number of anilines is 1. The van der Waals surface area contributed by atoms with Gasteiger partial charge in [-0.2, -0.15) is 0 Å². The minimum atomic E-state index is -0.374. The molecule has 0 saturated heterocycles. The summed E-state index contributed by atoms with van der Waals surface area (Å²) in [5.41, 5.74) is 1.03. The predicted molar refractivity (Wildman–Crippen MR) is 83.6 cm³/mol. The van der Waals surface area contributed by atoms with E-state index in [4.69, 9.17) is 9.47 Å². The lowest BCUT2D eigenvalue weighted by molar-refractivity contribution is -0.115. The summed E-state index contributed by atoms with van der Waals surface area (Å²) in [5, 5.41) is 2.67. The van der Waals surface area contributed by atoms with Crippen molar-refractivity contribution in [3.63, 3.8) is 0 Å². The van der Waals surface area contributed by atoms with Gasteiger partial charge in [0, 0.05) is 17.3 Å². The van der Waals surface area contributed by atoms with Gasteiger partial charge in [-0.15, -0.1) is 0 Å². The van der Waals surface area contributed by atoms with E-state index in [0.29, 0.717) is 22.7 Å². The van der Waals surface area contributed by atoms with Gasteiger partial charge in [0.05, 0.1) is 20.6 Å². The number of hydrogen-bond donors (Lipinski definition) is 1. The van der Waals surface area contributed by atoms with Crippen molar-refractivity contribution in [3.8, 4) is 11.5 Å². The predicted octanol–water partition coefficient (Wildman–Crippen LogP) is 2.92. The number of methoxy groups -OCH3 is 2. The molecular formula is C17H17NO4. The number of ether oxygens (including phenoxy) is 2. The number of nitrogens with one attached hydrogen (secondary N) is 1. The van der Waals surface area contributed by atoms with E-state index in [1.54, 1.807) is 55.6 Å². The lowest BCUT2D eigenvalue weighted by Crippen LogP contribution is -2.16. The summed E-state index contributed by atoms with van der Waals surface area (Å²) < 4.78 is 10.1. The van der Waals surface area contributed by atoms with E-state index in [1.807, 2.05) is 0 Å². The van der Waals surface area contributed by atoms with Crippen LogP contribution in [0, 0.1) is 0 Å². The molecule has 114 valence electrons. The van der Waals surface area contributed by atoms with Gasteiger partial charge in [-0.3, -0.25) is 9.59 Å². The fourth-order valence-corrected chi connectivity index (χ4v) is 1.95. The molecule has 1 amide bonds. The third kappa shape index (κ3) is 4.09. The van der Waals surface area contributed by atoms with Gasteiger partial charge < -0.3 is 14.8 Å². The van der Waals surface area contributed by atoms with Gasteiger partial charge in [0.25, 0.3) is 0 Å². The molecule has 0 atom stereocenters. The normalized spacial score (nSPS) is 9.91. The maximum absolute atomic E-state index is 12.1. The van der Waals surface area contributed by atoms with Crippen molar-refractivity contribution in [3.05, 3.63) is 54.1 Å². The number of hydrogen-bond acceptors (Lipinski definition) is 4. The van der Waals surface area contributed by atoms with Crippen LogP contribution in [-0.2, 0) is 4.79 Å². The average molecular weight is 299 g/mol. The quantitative estimate of drug-likeness (QED) is 0.658. The number of carbonyl (C=O) groups excluding carboxylic acids is 2. The Balaban J connectivity index is 2.00. The molecule has 0 aliphatic heterocycles. The van der Waals surface area contributed by atoms with E-state index in [-0.39, 0.29) is 18.1 Å². The molecule has 5 heteroatoms. The van der Waals surface area contributed by atoms with E-state index in [2.05, 4.69) is 5.32 Å².